The molecule has 28 heavy (non-hydrogen) atoms. The molecule has 4 rings (SSSR count). The van der Waals surface area contributed by atoms with Gasteiger partial charge >= 0.3 is 0 Å². The molecule has 1 aliphatic heterocycles. The van der Waals surface area contributed by atoms with Gasteiger partial charge in [-0.15, -0.1) is 5.10 Å². The third-order valence-electron chi connectivity index (χ3n) is 4.69. The maximum absolute atomic E-state index is 13.4. The van der Waals surface area contributed by atoms with E-state index in [0.29, 0.717) is 23.1 Å². The van der Waals surface area contributed by atoms with Crippen molar-refractivity contribution < 1.29 is 19.0 Å². The van der Waals surface area contributed by atoms with Crippen molar-refractivity contribution in [2.24, 2.45) is 7.05 Å². The van der Waals surface area contributed by atoms with Crippen molar-refractivity contribution in [3.63, 3.8) is 0 Å². The summed E-state index contributed by atoms with van der Waals surface area (Å²) in [4.78, 5) is 19.8. The molecule has 0 bridgehead atoms. The zero-order valence-corrected chi connectivity index (χ0v) is 16.9. The van der Waals surface area contributed by atoms with E-state index >= 15 is 0 Å². The molecule has 1 aliphatic rings. The van der Waals surface area contributed by atoms with Crippen LogP contribution >= 0.6 is 11.3 Å². The second kappa shape index (κ2) is 7.76. The van der Waals surface area contributed by atoms with Gasteiger partial charge in [-0.1, -0.05) is 11.3 Å². The Hall–Kier alpha value is -2.65. The largest absolute Gasteiger partial charge is 0.497 e. The Morgan fingerprint density at radius 3 is 2.96 bits per heavy atom. The molecule has 1 saturated heterocycles. The van der Waals surface area contributed by atoms with E-state index in [1.54, 1.807) is 29.9 Å². The lowest BCUT2D eigenvalue weighted by atomic mass is 10.2. The van der Waals surface area contributed by atoms with E-state index in [1.165, 1.54) is 18.4 Å². The van der Waals surface area contributed by atoms with Crippen LogP contribution in [-0.4, -0.2) is 54.1 Å². The van der Waals surface area contributed by atoms with Crippen LogP contribution in [0.5, 0.6) is 11.6 Å². The average Bonchev–Trinajstić information content (AvgIpc) is 3.43. The number of benzene rings is 1. The first kappa shape index (κ1) is 18.7. The normalized spacial score (nSPS) is 16.5. The van der Waals surface area contributed by atoms with E-state index < -0.39 is 0 Å². The quantitative estimate of drug-likeness (QED) is 0.631. The summed E-state index contributed by atoms with van der Waals surface area (Å²) in [7, 11) is 4.89. The predicted octanol–water partition coefficient (Wildman–Crippen LogP) is 2.87. The smallest absolute Gasteiger partial charge is 0.267 e. The van der Waals surface area contributed by atoms with Crippen molar-refractivity contribution in [1.29, 1.82) is 0 Å². The van der Waals surface area contributed by atoms with E-state index in [2.05, 4.69) is 5.10 Å². The van der Waals surface area contributed by atoms with Gasteiger partial charge in [-0.25, -0.2) is 4.98 Å². The number of nitrogens with zero attached hydrogens (tertiary/aromatic N) is 4. The van der Waals surface area contributed by atoms with Gasteiger partial charge < -0.3 is 14.2 Å². The van der Waals surface area contributed by atoms with Crippen molar-refractivity contribution in [1.82, 2.24) is 14.8 Å². The fourth-order valence-corrected chi connectivity index (χ4v) is 4.24. The minimum absolute atomic E-state index is 0.00633. The Labute approximate surface area is 166 Å². The summed E-state index contributed by atoms with van der Waals surface area (Å²) < 4.78 is 18.9. The topological polar surface area (TPSA) is 78.7 Å². The molecule has 1 atom stereocenters. The highest BCUT2D eigenvalue weighted by Gasteiger charge is 2.30. The van der Waals surface area contributed by atoms with Gasteiger partial charge in [0.25, 0.3) is 5.91 Å². The summed E-state index contributed by atoms with van der Waals surface area (Å²) in [5.74, 6) is 0.828. The minimum atomic E-state index is -0.202. The van der Waals surface area contributed by atoms with Crippen LogP contribution in [0.2, 0.25) is 0 Å². The van der Waals surface area contributed by atoms with E-state index in [9.17, 15) is 4.79 Å². The van der Waals surface area contributed by atoms with Crippen molar-refractivity contribution in [2.75, 3.05) is 32.3 Å². The Morgan fingerprint density at radius 1 is 1.39 bits per heavy atom. The maximum atomic E-state index is 13.4. The standard InChI is InChI=1S/C19H22N4O4S/c1-22-11-14(17(21-22)26-3)18(24)23(10-13-5-4-8-27-13)19-20-15-9-12(25-2)6-7-16(15)28-19/h6-7,9,11,13H,4-5,8,10H2,1-3H3. The highest BCUT2D eigenvalue weighted by atomic mass is 32.1. The molecule has 1 amide bonds. The first-order valence-corrected chi connectivity index (χ1v) is 9.86. The molecule has 0 radical (unpaired) electrons. The summed E-state index contributed by atoms with van der Waals surface area (Å²) in [5, 5.41) is 4.83. The van der Waals surface area contributed by atoms with Crippen LogP contribution in [0, 0.1) is 0 Å². The minimum Gasteiger partial charge on any atom is -0.497 e. The second-order valence-electron chi connectivity index (χ2n) is 6.61. The Bertz CT molecular complexity index is 993. The SMILES string of the molecule is COc1ccc2sc(N(CC3CCCO3)C(=O)c3cn(C)nc3OC)nc2c1. The molecule has 2 aromatic heterocycles. The molecule has 3 aromatic rings. The Morgan fingerprint density at radius 2 is 2.25 bits per heavy atom. The fourth-order valence-electron chi connectivity index (χ4n) is 3.29. The van der Waals surface area contributed by atoms with E-state index in [-0.39, 0.29) is 12.0 Å². The molecular weight excluding hydrogens is 380 g/mol. The van der Waals surface area contributed by atoms with Gasteiger partial charge in [-0.2, -0.15) is 0 Å². The van der Waals surface area contributed by atoms with Gasteiger partial charge in [0, 0.05) is 25.9 Å². The van der Waals surface area contributed by atoms with Gasteiger partial charge in [-0.3, -0.25) is 14.4 Å². The molecule has 1 aromatic carbocycles. The molecule has 0 spiro atoms. The lowest BCUT2D eigenvalue weighted by Crippen LogP contribution is -2.37. The highest BCUT2D eigenvalue weighted by molar-refractivity contribution is 7.22. The third-order valence-corrected chi connectivity index (χ3v) is 5.75. The number of carbonyl (C=O) groups is 1. The zero-order chi connectivity index (χ0) is 19.7. The van der Waals surface area contributed by atoms with Gasteiger partial charge in [-0.05, 0) is 25.0 Å². The number of fused-ring (bicyclic) bond motifs is 1. The van der Waals surface area contributed by atoms with Crippen LogP contribution in [-0.2, 0) is 11.8 Å². The lowest BCUT2D eigenvalue weighted by molar-refractivity contribution is 0.0915. The molecule has 0 aliphatic carbocycles. The zero-order valence-electron chi connectivity index (χ0n) is 16.0. The Balaban J connectivity index is 1.73. The number of hydrogen-bond donors (Lipinski definition) is 0. The van der Waals surface area contributed by atoms with Gasteiger partial charge in [0.2, 0.25) is 5.88 Å². The summed E-state index contributed by atoms with van der Waals surface area (Å²) in [6.45, 7) is 1.16. The van der Waals surface area contributed by atoms with E-state index in [0.717, 1.165) is 35.4 Å². The first-order chi connectivity index (χ1) is 13.6. The molecule has 1 fully saturated rings. The molecule has 148 valence electrons. The number of methoxy groups -OCH3 is 2. The number of carbonyl (C=O) groups excluding carboxylic acids is 1. The first-order valence-electron chi connectivity index (χ1n) is 9.04. The van der Waals surface area contributed by atoms with Gasteiger partial charge in [0.15, 0.2) is 5.13 Å². The number of anilines is 1. The van der Waals surface area contributed by atoms with Gasteiger partial charge in [0.05, 0.1) is 37.1 Å². The van der Waals surface area contributed by atoms with Crippen LogP contribution in [0.15, 0.2) is 24.4 Å². The molecule has 8 nitrogen and oxygen atoms in total. The Kier molecular flexibility index (Phi) is 5.19. The molecule has 3 heterocycles. The highest BCUT2D eigenvalue weighted by Crippen LogP contribution is 2.33. The van der Waals surface area contributed by atoms with Crippen molar-refractivity contribution in [2.45, 2.75) is 18.9 Å². The van der Waals surface area contributed by atoms with E-state index in [1.807, 2.05) is 18.2 Å². The molecule has 1 unspecified atom stereocenters. The summed E-state index contributed by atoms with van der Waals surface area (Å²) in [6.07, 6.45) is 3.58. The number of thiazole rings is 1. The molecule has 9 heteroatoms. The fraction of sp³-hybridized carbons (Fsp3) is 0.421. The van der Waals surface area contributed by atoms with Crippen molar-refractivity contribution in [3.05, 3.63) is 30.0 Å². The number of ether oxygens (including phenoxy) is 3. The van der Waals surface area contributed by atoms with Crippen LogP contribution in [0.1, 0.15) is 23.2 Å². The van der Waals surface area contributed by atoms with E-state index in [4.69, 9.17) is 19.2 Å². The van der Waals surface area contributed by atoms with Crippen molar-refractivity contribution in [3.8, 4) is 11.6 Å². The monoisotopic (exact) mass is 402 g/mol. The number of amides is 1. The summed E-state index contributed by atoms with van der Waals surface area (Å²) in [6, 6.07) is 5.71. The summed E-state index contributed by atoms with van der Waals surface area (Å²) in [5.41, 5.74) is 1.20. The van der Waals surface area contributed by atoms with Crippen LogP contribution < -0.4 is 14.4 Å². The molecule has 0 N–H and O–H groups in total. The van der Waals surface area contributed by atoms with Crippen LogP contribution in [0.25, 0.3) is 10.2 Å². The second-order valence-corrected chi connectivity index (χ2v) is 7.62. The third kappa shape index (κ3) is 3.55. The van der Waals surface area contributed by atoms with Crippen LogP contribution in [0.4, 0.5) is 5.13 Å². The summed E-state index contributed by atoms with van der Waals surface area (Å²) >= 11 is 1.47. The average molecular weight is 402 g/mol. The number of aryl methyl sites for hydroxylation is 1. The predicted molar refractivity (Wildman–Crippen MR) is 107 cm³/mol. The number of rotatable bonds is 6. The van der Waals surface area contributed by atoms with Crippen LogP contribution in [0.3, 0.4) is 0 Å². The maximum Gasteiger partial charge on any atom is 0.267 e. The molecule has 0 saturated carbocycles. The number of hydrogen-bond acceptors (Lipinski definition) is 7. The number of aromatic nitrogens is 3. The van der Waals surface area contributed by atoms with Gasteiger partial charge in [0.1, 0.15) is 11.3 Å². The molecular formula is C19H22N4O4S. The lowest BCUT2D eigenvalue weighted by Gasteiger charge is -2.22. The van der Waals surface area contributed by atoms with Crippen molar-refractivity contribution >= 4 is 32.6 Å².